The van der Waals surface area contributed by atoms with Crippen LogP contribution in [0.1, 0.15) is 23.0 Å². The number of amides is 1. The number of hydrogen-bond donors (Lipinski definition) is 0. The molecule has 0 atom stereocenters. The minimum absolute atomic E-state index is 0.00219. The minimum Gasteiger partial charge on any atom is -0.470 e. The molecule has 29 heavy (non-hydrogen) atoms. The average Bonchev–Trinajstić information content (AvgIpc) is 3.35. The van der Waals surface area contributed by atoms with Crippen molar-refractivity contribution in [2.45, 2.75) is 26.7 Å². The summed E-state index contributed by atoms with van der Waals surface area (Å²) in [6, 6.07) is 5.52. The maximum Gasteiger partial charge on any atom is 0.274 e. The fourth-order valence-corrected chi connectivity index (χ4v) is 2.84. The Labute approximate surface area is 171 Å². The number of rotatable bonds is 8. The Morgan fingerprint density at radius 1 is 1.34 bits per heavy atom. The van der Waals surface area contributed by atoms with Gasteiger partial charge in [0.1, 0.15) is 5.75 Å². The fraction of sp³-hybridized carbons (Fsp3) is 0.278. The molecule has 10 nitrogen and oxygen atoms in total. The second kappa shape index (κ2) is 8.74. The second-order valence-corrected chi connectivity index (χ2v) is 6.66. The Balaban J connectivity index is 1.59. The highest BCUT2D eigenvalue weighted by Gasteiger charge is 2.16. The number of benzene rings is 1. The largest absolute Gasteiger partial charge is 0.470 e. The van der Waals surface area contributed by atoms with E-state index in [-0.39, 0.29) is 34.8 Å². The third-order valence-electron chi connectivity index (χ3n) is 4.12. The van der Waals surface area contributed by atoms with Gasteiger partial charge in [0.2, 0.25) is 0 Å². The van der Waals surface area contributed by atoms with E-state index in [1.54, 1.807) is 35.1 Å². The van der Waals surface area contributed by atoms with Gasteiger partial charge in [-0.15, -0.1) is 0 Å². The van der Waals surface area contributed by atoms with E-state index in [0.29, 0.717) is 6.54 Å². The van der Waals surface area contributed by atoms with Crippen molar-refractivity contribution >= 4 is 23.2 Å². The summed E-state index contributed by atoms with van der Waals surface area (Å²) >= 11 is 6.00. The number of nitrogens with zero attached hydrogens (tertiary/aromatic N) is 6. The molecule has 0 radical (unpaired) electrons. The average molecular weight is 419 g/mol. The van der Waals surface area contributed by atoms with Crippen LogP contribution < -0.4 is 4.74 Å². The normalized spacial score (nSPS) is 10.7. The predicted octanol–water partition coefficient (Wildman–Crippen LogP) is 2.97. The number of carbonyl (C=O) groups excluding carboxylic acids is 1. The Bertz CT molecular complexity index is 1030. The van der Waals surface area contributed by atoms with Crippen LogP contribution in [0.2, 0.25) is 5.02 Å². The van der Waals surface area contributed by atoms with E-state index in [9.17, 15) is 14.9 Å². The van der Waals surface area contributed by atoms with Gasteiger partial charge in [-0.05, 0) is 19.1 Å². The van der Waals surface area contributed by atoms with E-state index in [1.165, 1.54) is 22.9 Å². The molecule has 1 amide bonds. The summed E-state index contributed by atoms with van der Waals surface area (Å²) in [6.45, 7) is 3.17. The molecule has 0 saturated carbocycles. The number of halogens is 1. The van der Waals surface area contributed by atoms with Gasteiger partial charge < -0.3 is 9.64 Å². The number of aryl methyl sites for hydroxylation is 1. The van der Waals surface area contributed by atoms with Crippen molar-refractivity contribution in [2.24, 2.45) is 0 Å². The van der Waals surface area contributed by atoms with Gasteiger partial charge in [0.05, 0.1) is 16.1 Å². The van der Waals surface area contributed by atoms with Crippen molar-refractivity contribution in [2.75, 3.05) is 7.05 Å². The van der Waals surface area contributed by atoms with Crippen LogP contribution in [0, 0.1) is 10.1 Å². The highest BCUT2D eigenvalue weighted by molar-refractivity contribution is 6.32. The Kier molecular flexibility index (Phi) is 6.13. The van der Waals surface area contributed by atoms with Gasteiger partial charge in [-0.1, -0.05) is 11.6 Å². The number of nitro benzene ring substituents is 1. The molecular formula is C18H19ClN6O4. The predicted molar refractivity (Wildman–Crippen MR) is 105 cm³/mol. The first-order chi connectivity index (χ1) is 13.9. The molecule has 0 spiro atoms. The van der Waals surface area contributed by atoms with E-state index >= 15 is 0 Å². The van der Waals surface area contributed by atoms with E-state index < -0.39 is 4.92 Å². The van der Waals surface area contributed by atoms with Gasteiger partial charge in [0, 0.05) is 50.2 Å². The molecule has 2 heterocycles. The number of aromatic nitrogens is 4. The molecule has 3 rings (SSSR count). The monoisotopic (exact) mass is 418 g/mol. The molecule has 152 valence electrons. The summed E-state index contributed by atoms with van der Waals surface area (Å²) in [7, 11) is 1.69. The standard InChI is InChI=1S/C18H19ClN6O4/c1-3-23-11-13(9-20-23)10-22(2)18(26)16-6-7-24(21-16)12-29-17-5-4-14(25(27)28)8-15(17)19/h4-9,11H,3,10,12H2,1-2H3. The van der Waals surface area contributed by atoms with Gasteiger partial charge in [0.25, 0.3) is 11.6 Å². The van der Waals surface area contributed by atoms with Crippen molar-refractivity contribution in [1.82, 2.24) is 24.5 Å². The number of carbonyl (C=O) groups is 1. The van der Waals surface area contributed by atoms with E-state index in [4.69, 9.17) is 16.3 Å². The third-order valence-corrected chi connectivity index (χ3v) is 4.41. The van der Waals surface area contributed by atoms with Crippen molar-refractivity contribution < 1.29 is 14.5 Å². The SMILES string of the molecule is CCn1cc(CN(C)C(=O)c2ccn(COc3ccc([N+](=O)[O-])cc3Cl)n2)cn1. The number of hydrogen-bond acceptors (Lipinski definition) is 6. The highest BCUT2D eigenvalue weighted by atomic mass is 35.5. The summed E-state index contributed by atoms with van der Waals surface area (Å²) in [5.41, 5.74) is 1.08. The van der Waals surface area contributed by atoms with Crippen LogP contribution in [0.3, 0.4) is 0 Å². The van der Waals surface area contributed by atoms with Crippen LogP contribution in [0.15, 0.2) is 42.9 Å². The molecular weight excluding hydrogens is 400 g/mol. The number of non-ortho nitro benzene ring substituents is 1. The molecule has 1 aromatic carbocycles. The van der Waals surface area contributed by atoms with Gasteiger partial charge in [-0.2, -0.15) is 10.2 Å². The van der Waals surface area contributed by atoms with Crippen molar-refractivity contribution in [3.05, 3.63) is 69.3 Å². The lowest BCUT2D eigenvalue weighted by Crippen LogP contribution is -2.26. The first-order valence-electron chi connectivity index (χ1n) is 8.74. The van der Waals surface area contributed by atoms with Gasteiger partial charge in [-0.3, -0.25) is 19.6 Å². The lowest BCUT2D eigenvalue weighted by Gasteiger charge is -2.14. The first kappa shape index (κ1) is 20.3. The van der Waals surface area contributed by atoms with E-state index in [0.717, 1.165) is 12.1 Å². The Morgan fingerprint density at radius 3 is 2.79 bits per heavy atom. The Morgan fingerprint density at radius 2 is 2.14 bits per heavy atom. The van der Waals surface area contributed by atoms with Crippen LogP contribution in [0.4, 0.5) is 5.69 Å². The molecule has 0 unspecified atom stereocenters. The fourth-order valence-electron chi connectivity index (χ4n) is 2.61. The maximum absolute atomic E-state index is 12.6. The quantitative estimate of drug-likeness (QED) is 0.411. The Hall–Kier alpha value is -3.40. The topological polar surface area (TPSA) is 108 Å². The molecule has 0 aliphatic carbocycles. The van der Waals surface area contributed by atoms with E-state index in [1.807, 2.05) is 13.1 Å². The lowest BCUT2D eigenvalue weighted by molar-refractivity contribution is -0.384. The summed E-state index contributed by atoms with van der Waals surface area (Å²) < 4.78 is 8.76. The molecule has 11 heteroatoms. The van der Waals surface area contributed by atoms with Gasteiger partial charge in [0.15, 0.2) is 12.4 Å². The molecule has 0 aliphatic heterocycles. The van der Waals surface area contributed by atoms with Crippen LogP contribution in [-0.4, -0.2) is 42.3 Å². The molecule has 2 aromatic heterocycles. The molecule has 0 saturated heterocycles. The summed E-state index contributed by atoms with van der Waals surface area (Å²) in [4.78, 5) is 24.3. The van der Waals surface area contributed by atoms with Crippen LogP contribution >= 0.6 is 11.6 Å². The zero-order valence-electron chi connectivity index (χ0n) is 15.9. The second-order valence-electron chi connectivity index (χ2n) is 6.25. The molecule has 0 fully saturated rings. The molecule has 0 bridgehead atoms. The van der Waals surface area contributed by atoms with Crippen LogP contribution in [-0.2, 0) is 19.8 Å². The van der Waals surface area contributed by atoms with E-state index in [2.05, 4.69) is 10.2 Å². The zero-order chi connectivity index (χ0) is 21.0. The molecule has 3 aromatic rings. The summed E-state index contributed by atoms with van der Waals surface area (Å²) in [6.07, 6.45) is 5.23. The van der Waals surface area contributed by atoms with Crippen molar-refractivity contribution in [1.29, 1.82) is 0 Å². The molecule has 0 aliphatic rings. The smallest absolute Gasteiger partial charge is 0.274 e. The van der Waals surface area contributed by atoms with Crippen LogP contribution in [0.25, 0.3) is 0 Å². The third kappa shape index (κ3) is 4.91. The highest BCUT2D eigenvalue weighted by Crippen LogP contribution is 2.28. The van der Waals surface area contributed by atoms with Gasteiger partial charge in [-0.25, -0.2) is 4.68 Å². The first-order valence-corrected chi connectivity index (χ1v) is 9.12. The lowest BCUT2D eigenvalue weighted by atomic mass is 10.3. The van der Waals surface area contributed by atoms with Crippen LogP contribution in [0.5, 0.6) is 5.75 Å². The summed E-state index contributed by atoms with van der Waals surface area (Å²) in [5, 5.41) is 19.3. The maximum atomic E-state index is 12.6. The summed E-state index contributed by atoms with van der Waals surface area (Å²) in [5.74, 6) is 0.0482. The molecule has 0 N–H and O–H groups in total. The number of ether oxygens (including phenoxy) is 1. The zero-order valence-corrected chi connectivity index (χ0v) is 16.6. The van der Waals surface area contributed by atoms with Gasteiger partial charge >= 0.3 is 0 Å². The van der Waals surface area contributed by atoms with Crippen molar-refractivity contribution in [3.8, 4) is 5.75 Å². The van der Waals surface area contributed by atoms with Crippen molar-refractivity contribution in [3.63, 3.8) is 0 Å². The number of nitro groups is 1. The minimum atomic E-state index is -0.537.